The quantitative estimate of drug-likeness (QED) is 0.773. The van der Waals surface area contributed by atoms with Crippen LogP contribution in [0.2, 0.25) is 0 Å². The van der Waals surface area contributed by atoms with Crippen LogP contribution < -0.4 is 10.2 Å². The van der Waals surface area contributed by atoms with Gasteiger partial charge in [-0.2, -0.15) is 0 Å². The number of rotatable bonds is 4. The molecule has 4 heterocycles. The molecule has 33 heavy (non-hydrogen) atoms. The van der Waals surface area contributed by atoms with Crippen molar-refractivity contribution in [2.75, 3.05) is 70.9 Å². The lowest BCUT2D eigenvalue weighted by Crippen LogP contribution is -2.54. The van der Waals surface area contributed by atoms with Crippen LogP contribution in [0.15, 0.2) is 48.7 Å². The molecule has 1 atom stereocenters. The van der Waals surface area contributed by atoms with Crippen LogP contribution >= 0.6 is 0 Å². The van der Waals surface area contributed by atoms with Crippen LogP contribution in [-0.2, 0) is 0 Å². The molecule has 1 N–H and O–H groups in total. The number of carbonyl (C=O) groups is 1. The van der Waals surface area contributed by atoms with Gasteiger partial charge in [-0.25, -0.2) is 4.98 Å². The Morgan fingerprint density at radius 2 is 1.73 bits per heavy atom. The summed E-state index contributed by atoms with van der Waals surface area (Å²) in [7, 11) is 2.21. The maximum atomic E-state index is 13.3. The van der Waals surface area contributed by atoms with Gasteiger partial charge in [0.15, 0.2) is 0 Å². The van der Waals surface area contributed by atoms with Crippen molar-refractivity contribution in [3.63, 3.8) is 0 Å². The number of likely N-dealkylation sites (tertiary alicyclic amines) is 1. The number of pyridine rings is 1. The molecule has 0 radical (unpaired) electrons. The zero-order chi connectivity index (χ0) is 22.6. The number of anilines is 1. The third kappa shape index (κ3) is 5.21. The maximum absolute atomic E-state index is 13.3. The monoisotopic (exact) mass is 448 g/mol. The predicted molar refractivity (Wildman–Crippen MR) is 132 cm³/mol. The van der Waals surface area contributed by atoms with Gasteiger partial charge in [-0.15, -0.1) is 0 Å². The topological polar surface area (TPSA) is 55.0 Å². The molecule has 3 saturated heterocycles. The largest absolute Gasteiger partial charge is 0.353 e. The lowest BCUT2D eigenvalue weighted by molar-refractivity contribution is 0.0475. The summed E-state index contributed by atoms with van der Waals surface area (Å²) in [6, 6.07) is 15.4. The van der Waals surface area contributed by atoms with Gasteiger partial charge in [-0.3, -0.25) is 9.69 Å². The van der Waals surface area contributed by atoms with E-state index >= 15 is 0 Å². The van der Waals surface area contributed by atoms with Crippen molar-refractivity contribution >= 4 is 11.7 Å². The molecule has 0 saturated carbocycles. The number of hydrogen-bond acceptors (Lipinski definition) is 6. The van der Waals surface area contributed by atoms with Crippen molar-refractivity contribution in [3.05, 3.63) is 59.8 Å². The number of nitrogens with one attached hydrogen (secondary N) is 1. The Hall–Kier alpha value is -2.48. The molecule has 0 spiro atoms. The molecule has 0 aliphatic carbocycles. The fourth-order valence-corrected chi connectivity index (χ4v) is 5.42. The first kappa shape index (κ1) is 22.3. The minimum Gasteiger partial charge on any atom is -0.353 e. The number of nitrogens with zero attached hydrogens (tertiary/aromatic N) is 5. The van der Waals surface area contributed by atoms with Crippen molar-refractivity contribution in [3.8, 4) is 0 Å². The second-order valence-corrected chi connectivity index (χ2v) is 9.63. The van der Waals surface area contributed by atoms with Crippen molar-refractivity contribution in [2.45, 2.75) is 24.9 Å². The molecule has 1 aromatic heterocycles. The van der Waals surface area contributed by atoms with Crippen LogP contribution in [-0.4, -0.2) is 97.6 Å². The number of hydrogen-bond donors (Lipinski definition) is 1. The third-order valence-corrected chi connectivity index (χ3v) is 7.50. The van der Waals surface area contributed by atoms with Gasteiger partial charge in [-0.1, -0.05) is 30.3 Å². The molecule has 0 unspecified atom stereocenters. The molecule has 176 valence electrons. The summed E-state index contributed by atoms with van der Waals surface area (Å²) in [5.41, 5.74) is 2.04. The summed E-state index contributed by atoms with van der Waals surface area (Å²) in [6.07, 6.45) is 4.27. The highest BCUT2D eigenvalue weighted by Gasteiger charge is 2.29. The van der Waals surface area contributed by atoms with E-state index in [1.807, 2.05) is 23.1 Å². The predicted octanol–water partition coefficient (Wildman–Crippen LogP) is 2.08. The average molecular weight is 449 g/mol. The highest BCUT2D eigenvalue weighted by Crippen LogP contribution is 2.23. The fraction of sp³-hybridized carbons (Fsp3) is 0.538. The number of carbonyl (C=O) groups excluding carboxylic acids is 1. The molecule has 3 fully saturated rings. The second-order valence-electron chi connectivity index (χ2n) is 9.63. The van der Waals surface area contributed by atoms with Gasteiger partial charge in [-0.05, 0) is 50.7 Å². The van der Waals surface area contributed by atoms with Gasteiger partial charge in [0.2, 0.25) is 0 Å². The summed E-state index contributed by atoms with van der Waals surface area (Å²) in [4.78, 5) is 27.2. The molecule has 7 heteroatoms. The van der Waals surface area contributed by atoms with E-state index < -0.39 is 0 Å². The molecule has 1 amide bonds. The van der Waals surface area contributed by atoms with Crippen LogP contribution in [0.5, 0.6) is 0 Å². The van der Waals surface area contributed by atoms with Crippen molar-refractivity contribution in [1.82, 2.24) is 25.0 Å². The molecule has 1 aromatic carbocycles. The second kappa shape index (κ2) is 10.2. The summed E-state index contributed by atoms with van der Waals surface area (Å²) in [6.45, 7) is 8.59. The number of amides is 1. The SMILES string of the molecule is CN1CCC(N2CCN(C(=O)c3ccnc(N4CCN[C@H](c5ccccc5)C4)c3)CC2)CC1. The first-order valence-electron chi connectivity index (χ1n) is 12.4. The zero-order valence-electron chi connectivity index (χ0n) is 19.7. The third-order valence-electron chi connectivity index (χ3n) is 7.50. The fourth-order valence-electron chi connectivity index (χ4n) is 5.42. The number of aromatic nitrogens is 1. The van der Waals surface area contributed by atoms with Crippen LogP contribution in [0, 0.1) is 0 Å². The Bertz CT molecular complexity index is 921. The van der Waals surface area contributed by atoms with Gasteiger partial charge in [0.1, 0.15) is 5.82 Å². The summed E-state index contributed by atoms with van der Waals surface area (Å²) in [5.74, 6) is 1.03. The van der Waals surface area contributed by atoms with Gasteiger partial charge < -0.3 is 20.0 Å². The van der Waals surface area contributed by atoms with Gasteiger partial charge >= 0.3 is 0 Å². The number of piperidine rings is 1. The lowest BCUT2D eigenvalue weighted by Gasteiger charge is -2.42. The van der Waals surface area contributed by atoms with Crippen LogP contribution in [0.25, 0.3) is 0 Å². The highest BCUT2D eigenvalue weighted by molar-refractivity contribution is 5.95. The molecule has 7 nitrogen and oxygen atoms in total. The van der Waals surface area contributed by atoms with E-state index in [9.17, 15) is 4.79 Å². The van der Waals surface area contributed by atoms with Gasteiger partial charge in [0, 0.05) is 69.7 Å². The Labute approximate surface area is 197 Å². The zero-order valence-corrected chi connectivity index (χ0v) is 19.7. The first-order valence-corrected chi connectivity index (χ1v) is 12.4. The smallest absolute Gasteiger partial charge is 0.254 e. The first-order chi connectivity index (χ1) is 16.2. The normalized spacial score (nSPS) is 23.6. The van der Waals surface area contributed by atoms with E-state index in [4.69, 9.17) is 0 Å². The summed E-state index contributed by atoms with van der Waals surface area (Å²) >= 11 is 0. The average Bonchev–Trinajstić information content (AvgIpc) is 2.89. The van der Waals surface area contributed by atoms with Crippen molar-refractivity contribution in [1.29, 1.82) is 0 Å². The van der Waals surface area contributed by atoms with Crippen LogP contribution in [0.3, 0.4) is 0 Å². The van der Waals surface area contributed by atoms with E-state index in [1.54, 1.807) is 6.20 Å². The Kier molecular flexibility index (Phi) is 6.90. The lowest BCUT2D eigenvalue weighted by atomic mass is 10.0. The highest BCUT2D eigenvalue weighted by atomic mass is 16.2. The summed E-state index contributed by atoms with van der Waals surface area (Å²) in [5, 5.41) is 3.61. The standard InChI is InChI=1S/C26H36N6O/c1-29-12-8-23(9-13-29)30-15-17-31(18-16-30)26(33)22-7-10-28-25(19-22)32-14-11-27-24(20-32)21-5-3-2-4-6-21/h2-7,10,19,23-24,27H,8-9,11-18,20H2,1H3/t24-/m0/s1. The molecule has 3 aliphatic rings. The van der Waals surface area contributed by atoms with Gasteiger partial charge in [0.05, 0.1) is 0 Å². The molecule has 0 bridgehead atoms. The Balaban J connectivity index is 1.20. The Morgan fingerprint density at radius 3 is 2.48 bits per heavy atom. The van der Waals surface area contributed by atoms with E-state index in [-0.39, 0.29) is 11.9 Å². The molecular formula is C26H36N6O. The number of benzene rings is 1. The molecule has 3 aliphatic heterocycles. The molecule has 2 aromatic rings. The van der Waals surface area contributed by atoms with E-state index in [1.165, 1.54) is 31.5 Å². The molecular weight excluding hydrogens is 412 g/mol. The number of piperazine rings is 2. The van der Waals surface area contributed by atoms with Crippen LogP contribution in [0.1, 0.15) is 34.8 Å². The minimum atomic E-state index is 0.136. The van der Waals surface area contributed by atoms with Crippen LogP contribution in [0.4, 0.5) is 5.82 Å². The van der Waals surface area contributed by atoms with E-state index in [2.05, 4.69) is 56.3 Å². The van der Waals surface area contributed by atoms with Gasteiger partial charge in [0.25, 0.3) is 5.91 Å². The van der Waals surface area contributed by atoms with E-state index in [0.717, 1.165) is 57.2 Å². The van der Waals surface area contributed by atoms with Crippen molar-refractivity contribution in [2.24, 2.45) is 0 Å². The van der Waals surface area contributed by atoms with E-state index in [0.29, 0.717) is 6.04 Å². The summed E-state index contributed by atoms with van der Waals surface area (Å²) < 4.78 is 0. The van der Waals surface area contributed by atoms with Crippen molar-refractivity contribution < 1.29 is 4.79 Å². The Morgan fingerprint density at radius 1 is 0.970 bits per heavy atom. The maximum Gasteiger partial charge on any atom is 0.254 e. The molecule has 5 rings (SSSR count). The minimum absolute atomic E-state index is 0.136.